The van der Waals surface area contributed by atoms with E-state index in [-0.39, 0.29) is 24.0 Å². The fourth-order valence-electron chi connectivity index (χ4n) is 3.08. The summed E-state index contributed by atoms with van der Waals surface area (Å²) in [5.41, 5.74) is -0.0288. The Morgan fingerprint density at radius 2 is 2.31 bits per heavy atom. The number of rotatable bonds is 9. The van der Waals surface area contributed by atoms with Crippen molar-refractivity contribution in [3.63, 3.8) is 0 Å². The zero-order chi connectivity index (χ0) is 18.1. The third-order valence-electron chi connectivity index (χ3n) is 4.62. The minimum atomic E-state index is -0.944. The van der Waals surface area contributed by atoms with Gasteiger partial charge in [0.1, 0.15) is 5.60 Å². The summed E-state index contributed by atoms with van der Waals surface area (Å²) >= 11 is 1.59. The van der Waals surface area contributed by atoms with Gasteiger partial charge in [-0.2, -0.15) is 11.3 Å². The molecule has 2 atom stereocenters. The fourth-order valence-corrected chi connectivity index (χ4v) is 3.86. The summed E-state index contributed by atoms with van der Waals surface area (Å²) in [7, 11) is 1.75. The Morgan fingerprint density at radius 3 is 2.96 bits per heavy atom. The van der Waals surface area contributed by atoms with E-state index in [0.29, 0.717) is 12.6 Å². The maximum Gasteiger partial charge on any atom is 0.191 e. The molecule has 0 radical (unpaired) electrons. The molecule has 1 fully saturated rings. The Balaban J connectivity index is 0.00000338. The molecular weight excluding hydrogens is 463 g/mol. The lowest BCUT2D eigenvalue weighted by Gasteiger charge is -2.25. The second-order valence-corrected chi connectivity index (χ2v) is 7.47. The largest absolute Gasteiger partial charge is 0.383 e. The van der Waals surface area contributed by atoms with Gasteiger partial charge < -0.3 is 20.5 Å². The molecule has 0 amide bonds. The maximum absolute atomic E-state index is 10.6. The summed E-state index contributed by atoms with van der Waals surface area (Å²) in [4.78, 5) is 7.07. The molecule has 6 nitrogen and oxygen atoms in total. The smallest absolute Gasteiger partial charge is 0.191 e. The molecule has 1 aromatic rings. The molecule has 0 saturated carbocycles. The highest BCUT2D eigenvalue weighted by molar-refractivity contribution is 14.0. The molecule has 2 rings (SSSR count). The van der Waals surface area contributed by atoms with Crippen molar-refractivity contribution in [3.05, 3.63) is 22.4 Å². The first-order valence-corrected chi connectivity index (χ1v) is 10.0. The number of halogens is 1. The number of ether oxygens (including phenoxy) is 1. The van der Waals surface area contributed by atoms with Gasteiger partial charge in [0.05, 0.1) is 13.2 Å². The molecule has 0 bridgehead atoms. The van der Waals surface area contributed by atoms with Crippen LogP contribution in [-0.4, -0.2) is 68.4 Å². The first kappa shape index (κ1) is 23.6. The van der Waals surface area contributed by atoms with E-state index in [9.17, 15) is 5.11 Å². The van der Waals surface area contributed by atoms with E-state index < -0.39 is 5.60 Å². The van der Waals surface area contributed by atoms with Crippen molar-refractivity contribution in [2.75, 3.05) is 46.4 Å². The predicted octanol–water partition coefficient (Wildman–Crippen LogP) is 2.24. The molecule has 3 N–H and O–H groups in total. The van der Waals surface area contributed by atoms with Crippen LogP contribution in [0, 0.1) is 0 Å². The number of guanidine groups is 1. The molecule has 1 aliphatic rings. The average Bonchev–Trinajstić information content (AvgIpc) is 3.27. The molecule has 1 aromatic heterocycles. The second kappa shape index (κ2) is 12.1. The van der Waals surface area contributed by atoms with Gasteiger partial charge in [-0.3, -0.25) is 4.90 Å². The van der Waals surface area contributed by atoms with Crippen molar-refractivity contribution < 1.29 is 9.84 Å². The van der Waals surface area contributed by atoms with Crippen LogP contribution in [0.2, 0.25) is 0 Å². The van der Waals surface area contributed by atoms with Crippen LogP contribution in [0.1, 0.15) is 32.3 Å². The highest BCUT2D eigenvalue weighted by Gasteiger charge is 2.25. The second-order valence-electron chi connectivity index (χ2n) is 6.69. The summed E-state index contributed by atoms with van der Waals surface area (Å²) in [6, 6.07) is 2.46. The van der Waals surface area contributed by atoms with E-state index in [2.05, 4.69) is 27.4 Å². The van der Waals surface area contributed by atoms with Crippen molar-refractivity contribution >= 4 is 41.3 Å². The Hall–Kier alpha value is -0.420. The van der Waals surface area contributed by atoms with Crippen LogP contribution in [0.25, 0.3) is 0 Å². The summed E-state index contributed by atoms with van der Waals surface area (Å²) in [5, 5.41) is 21.3. The van der Waals surface area contributed by atoms with Gasteiger partial charge in [0.2, 0.25) is 0 Å². The highest BCUT2D eigenvalue weighted by Crippen LogP contribution is 2.23. The molecular formula is C18H33IN4O2S. The summed E-state index contributed by atoms with van der Waals surface area (Å²) in [6.07, 6.45) is 2.43. The monoisotopic (exact) mass is 496 g/mol. The molecule has 0 spiro atoms. The zero-order valence-electron chi connectivity index (χ0n) is 16.0. The van der Waals surface area contributed by atoms with Crippen LogP contribution < -0.4 is 10.6 Å². The van der Waals surface area contributed by atoms with E-state index in [1.165, 1.54) is 12.8 Å². The number of nitrogens with zero attached hydrogens (tertiary/aromatic N) is 2. The van der Waals surface area contributed by atoms with Gasteiger partial charge in [-0.15, -0.1) is 24.0 Å². The van der Waals surface area contributed by atoms with Gasteiger partial charge in [0, 0.05) is 32.8 Å². The van der Waals surface area contributed by atoms with Gasteiger partial charge in [-0.1, -0.05) is 0 Å². The number of thiophene rings is 1. The number of likely N-dealkylation sites (tertiary alicyclic amines) is 1. The van der Waals surface area contributed by atoms with E-state index in [1.54, 1.807) is 18.4 Å². The van der Waals surface area contributed by atoms with Gasteiger partial charge in [-0.05, 0) is 55.6 Å². The fraction of sp³-hybridized carbons (Fsp3) is 0.722. The molecule has 150 valence electrons. The number of hydrogen-bond donors (Lipinski definition) is 3. The lowest BCUT2D eigenvalue weighted by atomic mass is 10.00. The van der Waals surface area contributed by atoms with Crippen molar-refractivity contribution in [2.24, 2.45) is 4.99 Å². The minimum absolute atomic E-state index is 0. The molecule has 0 aromatic carbocycles. The summed E-state index contributed by atoms with van der Waals surface area (Å²) < 4.78 is 5.20. The molecule has 2 unspecified atom stereocenters. The maximum atomic E-state index is 10.6. The highest BCUT2D eigenvalue weighted by atomic mass is 127. The Morgan fingerprint density at radius 1 is 1.50 bits per heavy atom. The summed E-state index contributed by atoms with van der Waals surface area (Å²) in [6.45, 7) is 8.73. The van der Waals surface area contributed by atoms with Crippen LogP contribution in [0.4, 0.5) is 0 Å². The van der Waals surface area contributed by atoms with Crippen LogP contribution in [0.5, 0.6) is 0 Å². The SMILES string of the molecule is CCNC(=NCC(C)(O)c1ccsc1)NCC1CCCN1CCOC.I. The van der Waals surface area contributed by atoms with Crippen molar-refractivity contribution in [1.29, 1.82) is 0 Å². The van der Waals surface area contributed by atoms with E-state index >= 15 is 0 Å². The van der Waals surface area contributed by atoms with Crippen molar-refractivity contribution in [3.8, 4) is 0 Å². The van der Waals surface area contributed by atoms with Crippen LogP contribution in [-0.2, 0) is 10.3 Å². The number of methoxy groups -OCH3 is 1. The van der Waals surface area contributed by atoms with Gasteiger partial charge >= 0.3 is 0 Å². The third kappa shape index (κ3) is 7.30. The Bertz CT molecular complexity index is 525. The number of aliphatic hydroxyl groups is 1. The molecule has 1 aliphatic heterocycles. The van der Waals surface area contributed by atoms with Crippen molar-refractivity contribution in [1.82, 2.24) is 15.5 Å². The Labute approximate surface area is 178 Å². The van der Waals surface area contributed by atoms with Crippen molar-refractivity contribution in [2.45, 2.75) is 38.3 Å². The molecule has 26 heavy (non-hydrogen) atoms. The average molecular weight is 496 g/mol. The molecule has 0 aliphatic carbocycles. The topological polar surface area (TPSA) is 69.1 Å². The third-order valence-corrected chi connectivity index (χ3v) is 5.30. The number of nitrogens with one attached hydrogen (secondary N) is 2. The van der Waals surface area contributed by atoms with Gasteiger partial charge in [0.25, 0.3) is 0 Å². The van der Waals surface area contributed by atoms with Crippen LogP contribution in [0.15, 0.2) is 21.8 Å². The standard InChI is InChI=1S/C18H32N4O2S.HI/c1-4-19-17(21-14-18(2,23)15-7-11-25-13-15)20-12-16-6-5-8-22(16)9-10-24-3;/h7,11,13,16,23H,4-6,8-10,12,14H2,1-3H3,(H2,19,20,21);1H. The van der Waals surface area contributed by atoms with E-state index in [4.69, 9.17) is 4.74 Å². The quantitative estimate of drug-likeness (QED) is 0.278. The number of hydrogen-bond acceptors (Lipinski definition) is 5. The first-order valence-electron chi connectivity index (χ1n) is 9.07. The first-order chi connectivity index (χ1) is 12.1. The van der Waals surface area contributed by atoms with Crippen LogP contribution >= 0.6 is 35.3 Å². The summed E-state index contributed by atoms with van der Waals surface area (Å²) in [5.74, 6) is 0.761. The number of aliphatic imine (C=N–C) groups is 1. The minimum Gasteiger partial charge on any atom is -0.383 e. The molecule has 8 heteroatoms. The zero-order valence-corrected chi connectivity index (χ0v) is 19.2. The van der Waals surface area contributed by atoms with Crippen LogP contribution in [0.3, 0.4) is 0 Å². The predicted molar refractivity (Wildman–Crippen MR) is 120 cm³/mol. The lowest BCUT2D eigenvalue weighted by Crippen LogP contribution is -2.46. The van der Waals surface area contributed by atoms with E-state index in [0.717, 1.165) is 44.3 Å². The lowest BCUT2D eigenvalue weighted by molar-refractivity contribution is 0.0677. The van der Waals surface area contributed by atoms with E-state index in [1.807, 2.05) is 23.8 Å². The molecule has 1 saturated heterocycles. The normalized spacial score (nSPS) is 20.5. The van der Waals surface area contributed by atoms with Gasteiger partial charge in [0.15, 0.2) is 5.96 Å². The van der Waals surface area contributed by atoms with Gasteiger partial charge in [-0.25, -0.2) is 4.99 Å². The Kier molecular flexibility index (Phi) is 11.0. The molecule has 2 heterocycles.